The number of esters is 1. The number of carboxylic acids is 1. The molecule has 9 nitrogen and oxygen atoms in total. The van der Waals surface area contributed by atoms with Crippen LogP contribution >= 0.6 is 0 Å². The zero-order chi connectivity index (χ0) is 26.1. The van der Waals surface area contributed by atoms with Gasteiger partial charge in [-0.05, 0) is 56.2 Å². The number of aliphatic carboxylic acids is 1. The normalized spacial score (nSPS) is 12.2. The van der Waals surface area contributed by atoms with E-state index >= 15 is 0 Å². The second-order valence-electron chi connectivity index (χ2n) is 7.33. The minimum atomic E-state index is -0.968. The topological polar surface area (TPSA) is 132 Å². The van der Waals surface area contributed by atoms with Crippen LogP contribution in [0.15, 0.2) is 48.5 Å². The maximum absolute atomic E-state index is 11.9. The SMILES string of the molecule is CCOCCOC(=O)[C@@H](Cc1ccc(O)cc1)OCC.CCO[C@@H](Cc1ccc(O)cc1)C(=O)O. The average Bonchev–Trinajstić information content (AvgIpc) is 2.84. The van der Waals surface area contributed by atoms with E-state index in [1.165, 1.54) is 12.1 Å². The van der Waals surface area contributed by atoms with Gasteiger partial charge in [0.2, 0.25) is 0 Å². The minimum absolute atomic E-state index is 0.169. The maximum atomic E-state index is 11.9. The van der Waals surface area contributed by atoms with Gasteiger partial charge in [-0.25, -0.2) is 9.59 Å². The third kappa shape index (κ3) is 12.8. The highest BCUT2D eigenvalue weighted by Gasteiger charge is 2.21. The van der Waals surface area contributed by atoms with Gasteiger partial charge >= 0.3 is 11.9 Å². The molecule has 0 fully saturated rings. The molecule has 0 saturated carbocycles. The van der Waals surface area contributed by atoms with Crippen LogP contribution < -0.4 is 0 Å². The molecule has 2 aromatic rings. The maximum Gasteiger partial charge on any atom is 0.335 e. The molecule has 0 aromatic heterocycles. The summed E-state index contributed by atoms with van der Waals surface area (Å²) in [4.78, 5) is 22.7. The number of aromatic hydroxyl groups is 2. The smallest absolute Gasteiger partial charge is 0.335 e. The molecule has 0 bridgehead atoms. The summed E-state index contributed by atoms with van der Waals surface area (Å²) in [6.45, 7) is 7.49. The zero-order valence-electron chi connectivity index (χ0n) is 20.5. The van der Waals surface area contributed by atoms with Crippen LogP contribution in [0.4, 0.5) is 0 Å². The van der Waals surface area contributed by atoms with Gasteiger partial charge < -0.3 is 34.3 Å². The Labute approximate surface area is 206 Å². The van der Waals surface area contributed by atoms with Crippen molar-refractivity contribution < 1.29 is 43.9 Å². The molecule has 3 N–H and O–H groups in total. The van der Waals surface area contributed by atoms with E-state index in [0.29, 0.717) is 39.3 Å². The molecular weight excluding hydrogens is 456 g/mol. The highest BCUT2D eigenvalue weighted by atomic mass is 16.6. The van der Waals surface area contributed by atoms with Gasteiger partial charge in [0.25, 0.3) is 0 Å². The average molecular weight is 493 g/mol. The number of benzene rings is 2. The molecule has 194 valence electrons. The Morgan fingerprint density at radius 1 is 0.714 bits per heavy atom. The Hall–Kier alpha value is -3.14. The van der Waals surface area contributed by atoms with E-state index in [9.17, 15) is 14.7 Å². The van der Waals surface area contributed by atoms with Crippen molar-refractivity contribution in [2.45, 2.75) is 45.8 Å². The van der Waals surface area contributed by atoms with Crippen LogP contribution in [0.2, 0.25) is 0 Å². The minimum Gasteiger partial charge on any atom is -0.508 e. The van der Waals surface area contributed by atoms with Crippen molar-refractivity contribution in [2.24, 2.45) is 0 Å². The van der Waals surface area contributed by atoms with Crippen LogP contribution in [0.3, 0.4) is 0 Å². The lowest BCUT2D eigenvalue weighted by atomic mass is 10.1. The Morgan fingerprint density at radius 2 is 1.17 bits per heavy atom. The van der Waals surface area contributed by atoms with Crippen molar-refractivity contribution in [1.82, 2.24) is 0 Å². The molecule has 9 heteroatoms. The van der Waals surface area contributed by atoms with E-state index in [1.54, 1.807) is 43.3 Å². The fraction of sp³-hybridized carbons (Fsp3) is 0.462. The molecule has 0 heterocycles. The van der Waals surface area contributed by atoms with Gasteiger partial charge in [0, 0.05) is 32.7 Å². The monoisotopic (exact) mass is 492 g/mol. The Bertz CT molecular complexity index is 850. The zero-order valence-corrected chi connectivity index (χ0v) is 20.5. The van der Waals surface area contributed by atoms with E-state index in [1.807, 2.05) is 13.8 Å². The third-order valence-electron chi connectivity index (χ3n) is 4.67. The lowest BCUT2D eigenvalue weighted by Crippen LogP contribution is -2.30. The van der Waals surface area contributed by atoms with Gasteiger partial charge in [0.05, 0.1) is 6.61 Å². The Balaban J connectivity index is 0.000000365. The van der Waals surface area contributed by atoms with Gasteiger partial charge in [0.1, 0.15) is 18.1 Å². The first-order chi connectivity index (χ1) is 16.8. The molecular formula is C26H36O9. The molecule has 35 heavy (non-hydrogen) atoms. The molecule has 2 atom stereocenters. The van der Waals surface area contributed by atoms with E-state index in [4.69, 9.17) is 29.2 Å². The van der Waals surface area contributed by atoms with Crippen LogP contribution in [0, 0.1) is 0 Å². The van der Waals surface area contributed by atoms with E-state index in [2.05, 4.69) is 0 Å². The predicted octanol–water partition coefficient (Wildman–Crippen LogP) is 3.34. The first-order valence-electron chi connectivity index (χ1n) is 11.6. The van der Waals surface area contributed by atoms with Crippen LogP contribution in [-0.2, 0) is 41.4 Å². The number of hydrogen-bond donors (Lipinski definition) is 3. The number of carboxylic acid groups (broad SMARTS) is 1. The van der Waals surface area contributed by atoms with Crippen molar-refractivity contribution in [2.75, 3.05) is 33.0 Å². The Morgan fingerprint density at radius 3 is 1.60 bits per heavy atom. The second kappa shape index (κ2) is 17.3. The summed E-state index contributed by atoms with van der Waals surface area (Å²) >= 11 is 0. The van der Waals surface area contributed by atoms with Crippen molar-refractivity contribution >= 4 is 11.9 Å². The molecule has 0 aliphatic rings. The third-order valence-corrected chi connectivity index (χ3v) is 4.67. The number of carbonyl (C=O) groups is 2. The van der Waals surface area contributed by atoms with Crippen LogP contribution in [0.5, 0.6) is 11.5 Å². The highest BCUT2D eigenvalue weighted by molar-refractivity contribution is 5.75. The highest BCUT2D eigenvalue weighted by Crippen LogP contribution is 2.14. The van der Waals surface area contributed by atoms with E-state index in [-0.39, 0.29) is 24.1 Å². The van der Waals surface area contributed by atoms with E-state index in [0.717, 1.165) is 11.1 Å². The lowest BCUT2D eigenvalue weighted by molar-refractivity contribution is -0.158. The first-order valence-corrected chi connectivity index (χ1v) is 11.6. The van der Waals surface area contributed by atoms with Crippen molar-refractivity contribution in [3.63, 3.8) is 0 Å². The van der Waals surface area contributed by atoms with Crippen molar-refractivity contribution in [3.05, 3.63) is 59.7 Å². The molecule has 0 aliphatic carbocycles. The van der Waals surface area contributed by atoms with Crippen LogP contribution in [0.25, 0.3) is 0 Å². The predicted molar refractivity (Wildman–Crippen MR) is 130 cm³/mol. The second-order valence-corrected chi connectivity index (χ2v) is 7.33. The van der Waals surface area contributed by atoms with Gasteiger partial charge in [0.15, 0.2) is 12.2 Å². The van der Waals surface area contributed by atoms with Crippen LogP contribution in [0.1, 0.15) is 31.9 Å². The fourth-order valence-corrected chi connectivity index (χ4v) is 2.96. The summed E-state index contributed by atoms with van der Waals surface area (Å²) in [6.07, 6.45) is -0.726. The number of ether oxygens (including phenoxy) is 4. The number of hydrogen-bond acceptors (Lipinski definition) is 8. The summed E-state index contributed by atoms with van der Waals surface area (Å²) < 4.78 is 20.7. The molecule has 2 aromatic carbocycles. The molecule has 0 radical (unpaired) electrons. The fourth-order valence-electron chi connectivity index (χ4n) is 2.96. The standard InChI is InChI=1S/C15H22O5.C11H14O4/c1-3-18-9-10-20-15(17)14(19-4-2)11-12-5-7-13(16)8-6-12;1-2-15-10(11(13)14)7-8-3-5-9(12)6-4-8/h5-8,14,16H,3-4,9-11H2,1-2H3;3-6,10,12H,2,7H2,1H3,(H,13,14)/t14-;10-/m10/s1. The quantitative estimate of drug-likeness (QED) is 0.268. The summed E-state index contributed by atoms with van der Waals surface area (Å²) in [6, 6.07) is 13.1. The number of phenolic OH excluding ortho intramolecular Hbond substituents is 2. The number of phenols is 2. The van der Waals surface area contributed by atoms with E-state index < -0.39 is 18.2 Å². The summed E-state index contributed by atoms with van der Waals surface area (Å²) in [5.41, 5.74) is 1.73. The number of rotatable bonds is 14. The van der Waals surface area contributed by atoms with Crippen molar-refractivity contribution in [1.29, 1.82) is 0 Å². The van der Waals surface area contributed by atoms with Crippen molar-refractivity contribution in [3.8, 4) is 11.5 Å². The molecule has 0 unspecified atom stereocenters. The van der Waals surface area contributed by atoms with Gasteiger partial charge in [-0.1, -0.05) is 24.3 Å². The van der Waals surface area contributed by atoms with Crippen LogP contribution in [-0.4, -0.2) is 72.5 Å². The molecule has 0 amide bonds. The summed E-state index contributed by atoms with van der Waals surface area (Å²) in [5.74, 6) is -0.993. The molecule has 0 saturated heterocycles. The summed E-state index contributed by atoms with van der Waals surface area (Å²) in [7, 11) is 0. The molecule has 0 aliphatic heterocycles. The summed E-state index contributed by atoms with van der Waals surface area (Å²) in [5, 5.41) is 27.1. The number of carbonyl (C=O) groups excluding carboxylic acids is 1. The lowest BCUT2D eigenvalue weighted by Gasteiger charge is -2.16. The first kappa shape index (κ1) is 29.9. The largest absolute Gasteiger partial charge is 0.508 e. The van der Waals surface area contributed by atoms with Gasteiger partial charge in [-0.2, -0.15) is 0 Å². The Kier molecular flexibility index (Phi) is 14.8. The van der Waals surface area contributed by atoms with Gasteiger partial charge in [-0.3, -0.25) is 0 Å². The molecule has 0 spiro atoms. The molecule has 2 rings (SSSR count). The van der Waals surface area contributed by atoms with Gasteiger partial charge in [-0.15, -0.1) is 0 Å².